The lowest BCUT2D eigenvalue weighted by Crippen LogP contribution is -2.49. The lowest BCUT2D eigenvalue weighted by molar-refractivity contribution is -0.384. The van der Waals surface area contributed by atoms with Crippen LogP contribution in [-0.4, -0.2) is 31.5 Å². The summed E-state index contributed by atoms with van der Waals surface area (Å²) in [5, 5.41) is 14.0. The van der Waals surface area contributed by atoms with Crippen molar-refractivity contribution in [3.05, 3.63) is 69.8 Å². The summed E-state index contributed by atoms with van der Waals surface area (Å²) in [4.78, 5) is 23.4. The van der Waals surface area contributed by atoms with E-state index in [1.54, 1.807) is 0 Å². The van der Waals surface area contributed by atoms with Crippen LogP contribution in [-0.2, 0) is 21.2 Å². The van der Waals surface area contributed by atoms with Crippen molar-refractivity contribution in [2.75, 3.05) is 10.6 Å². The summed E-state index contributed by atoms with van der Waals surface area (Å²) in [6.07, 6.45) is 3.62. The Bertz CT molecular complexity index is 1040. The van der Waals surface area contributed by atoms with Gasteiger partial charge in [0, 0.05) is 12.1 Å². The zero-order chi connectivity index (χ0) is 21.2. The number of nitrogens with zero attached hydrogens (tertiary/aromatic N) is 2. The van der Waals surface area contributed by atoms with Crippen LogP contribution in [0.25, 0.3) is 0 Å². The number of amides is 1. The van der Waals surface area contributed by atoms with Crippen LogP contribution in [0.4, 0.5) is 11.4 Å². The SMILES string of the molecule is C[C@H](C(=O)N[C@@H]1CCCc2ccccc21)N(c1cccc([N+](=O)[O-])c1)S(C)(=O)=O. The molecule has 0 unspecified atom stereocenters. The number of rotatable bonds is 6. The fourth-order valence-electron chi connectivity index (χ4n) is 3.75. The summed E-state index contributed by atoms with van der Waals surface area (Å²) >= 11 is 0. The van der Waals surface area contributed by atoms with Gasteiger partial charge in [-0.25, -0.2) is 8.42 Å². The summed E-state index contributed by atoms with van der Waals surface area (Å²) < 4.78 is 25.8. The van der Waals surface area contributed by atoms with Crippen molar-refractivity contribution in [1.29, 1.82) is 0 Å². The monoisotopic (exact) mass is 417 g/mol. The Morgan fingerprint density at radius 2 is 1.97 bits per heavy atom. The highest BCUT2D eigenvalue weighted by Crippen LogP contribution is 2.30. The number of nitro groups is 1. The van der Waals surface area contributed by atoms with E-state index >= 15 is 0 Å². The number of non-ortho nitro benzene ring substituents is 1. The smallest absolute Gasteiger partial charge is 0.271 e. The second kappa shape index (κ2) is 8.20. The fraction of sp³-hybridized carbons (Fsp3) is 0.350. The number of anilines is 1. The third-order valence-corrected chi connectivity index (χ3v) is 6.31. The minimum absolute atomic E-state index is 0.0772. The summed E-state index contributed by atoms with van der Waals surface area (Å²) in [5.74, 6) is -0.455. The largest absolute Gasteiger partial charge is 0.347 e. The van der Waals surface area contributed by atoms with Crippen LogP contribution in [0.3, 0.4) is 0 Å². The molecule has 1 aliphatic carbocycles. The quantitative estimate of drug-likeness (QED) is 0.574. The normalized spacial score (nSPS) is 17.1. The molecule has 0 heterocycles. The Hall–Kier alpha value is -2.94. The Balaban J connectivity index is 1.88. The number of carbonyl (C=O) groups is 1. The van der Waals surface area contributed by atoms with Crippen molar-refractivity contribution >= 4 is 27.3 Å². The van der Waals surface area contributed by atoms with Gasteiger partial charge in [-0.3, -0.25) is 19.2 Å². The van der Waals surface area contributed by atoms with E-state index in [1.165, 1.54) is 30.7 Å². The first-order valence-corrected chi connectivity index (χ1v) is 11.2. The number of sulfonamides is 1. The number of aryl methyl sites for hydroxylation is 1. The molecule has 3 rings (SSSR count). The van der Waals surface area contributed by atoms with E-state index in [1.807, 2.05) is 24.3 Å². The lowest BCUT2D eigenvalue weighted by atomic mass is 9.87. The van der Waals surface area contributed by atoms with Gasteiger partial charge in [0.2, 0.25) is 15.9 Å². The molecule has 2 aromatic rings. The molecule has 154 valence electrons. The van der Waals surface area contributed by atoms with Gasteiger partial charge in [0.15, 0.2) is 0 Å². The van der Waals surface area contributed by atoms with Gasteiger partial charge in [-0.15, -0.1) is 0 Å². The topological polar surface area (TPSA) is 110 Å². The van der Waals surface area contributed by atoms with E-state index in [2.05, 4.69) is 5.32 Å². The van der Waals surface area contributed by atoms with Gasteiger partial charge in [0.05, 0.1) is 22.9 Å². The predicted molar refractivity (Wildman–Crippen MR) is 110 cm³/mol. The zero-order valence-electron chi connectivity index (χ0n) is 16.2. The number of fused-ring (bicyclic) bond motifs is 1. The number of benzene rings is 2. The summed E-state index contributed by atoms with van der Waals surface area (Å²) in [6, 6.07) is 11.9. The van der Waals surface area contributed by atoms with Crippen LogP contribution < -0.4 is 9.62 Å². The van der Waals surface area contributed by atoms with Crippen molar-refractivity contribution in [3.8, 4) is 0 Å². The number of carbonyl (C=O) groups excluding carboxylic acids is 1. The second-order valence-corrected chi connectivity index (χ2v) is 9.02. The van der Waals surface area contributed by atoms with Crippen molar-refractivity contribution in [2.24, 2.45) is 0 Å². The standard InChI is InChI=1S/C20H23N3O5S/c1-14(20(24)21-19-12-5-8-15-7-3-4-11-18(15)19)22(29(2,27)28)16-9-6-10-17(13-16)23(25)26/h3-4,6-7,9-11,13-14,19H,5,8,12H2,1-2H3,(H,21,24)/t14-,19-/m1/s1. The van der Waals surface area contributed by atoms with Gasteiger partial charge in [0.25, 0.3) is 5.69 Å². The van der Waals surface area contributed by atoms with Gasteiger partial charge < -0.3 is 5.32 Å². The molecule has 0 saturated carbocycles. The van der Waals surface area contributed by atoms with Crippen LogP contribution in [0.1, 0.15) is 36.9 Å². The lowest BCUT2D eigenvalue weighted by Gasteiger charge is -2.31. The molecular weight excluding hydrogens is 394 g/mol. The average molecular weight is 417 g/mol. The van der Waals surface area contributed by atoms with Gasteiger partial charge in [0.1, 0.15) is 6.04 Å². The van der Waals surface area contributed by atoms with E-state index in [0.717, 1.165) is 41.5 Å². The van der Waals surface area contributed by atoms with Crippen molar-refractivity contribution in [2.45, 2.75) is 38.3 Å². The third kappa shape index (κ3) is 4.56. The molecule has 0 fully saturated rings. The highest BCUT2D eigenvalue weighted by atomic mass is 32.2. The van der Waals surface area contributed by atoms with E-state index < -0.39 is 26.9 Å². The summed E-state index contributed by atoms with van der Waals surface area (Å²) in [6.45, 7) is 1.48. The first-order chi connectivity index (χ1) is 13.7. The Morgan fingerprint density at radius 1 is 1.24 bits per heavy atom. The molecule has 2 aromatic carbocycles. The maximum atomic E-state index is 13.0. The Kier molecular flexibility index (Phi) is 5.88. The van der Waals surface area contributed by atoms with Gasteiger partial charge in [-0.2, -0.15) is 0 Å². The van der Waals surface area contributed by atoms with E-state index in [4.69, 9.17) is 0 Å². The first kappa shape index (κ1) is 20.8. The van der Waals surface area contributed by atoms with Crippen LogP contribution in [0.15, 0.2) is 48.5 Å². The molecule has 0 aromatic heterocycles. The first-order valence-electron chi connectivity index (χ1n) is 9.30. The second-order valence-electron chi connectivity index (χ2n) is 7.16. The van der Waals surface area contributed by atoms with E-state index in [9.17, 15) is 23.3 Å². The Morgan fingerprint density at radius 3 is 2.66 bits per heavy atom. The van der Waals surface area contributed by atoms with E-state index in [-0.39, 0.29) is 17.4 Å². The highest BCUT2D eigenvalue weighted by Gasteiger charge is 2.32. The van der Waals surface area contributed by atoms with Crippen molar-refractivity contribution < 1.29 is 18.1 Å². The minimum atomic E-state index is -3.86. The molecule has 0 bridgehead atoms. The van der Waals surface area contributed by atoms with Crippen molar-refractivity contribution in [3.63, 3.8) is 0 Å². The van der Waals surface area contributed by atoms with Crippen LogP contribution in [0, 0.1) is 10.1 Å². The molecule has 1 N–H and O–H groups in total. The molecule has 2 atom stereocenters. The number of hydrogen-bond donors (Lipinski definition) is 1. The van der Waals surface area contributed by atoms with E-state index in [0.29, 0.717) is 0 Å². The van der Waals surface area contributed by atoms with Gasteiger partial charge in [-0.1, -0.05) is 30.3 Å². The molecule has 29 heavy (non-hydrogen) atoms. The molecule has 0 aliphatic heterocycles. The zero-order valence-corrected chi connectivity index (χ0v) is 17.1. The molecule has 0 radical (unpaired) electrons. The Labute approximate surface area is 169 Å². The van der Waals surface area contributed by atoms with Gasteiger partial charge >= 0.3 is 0 Å². The van der Waals surface area contributed by atoms with Crippen LogP contribution in [0.2, 0.25) is 0 Å². The van der Waals surface area contributed by atoms with Gasteiger partial charge in [-0.05, 0) is 43.4 Å². The molecular formula is C20H23N3O5S. The molecule has 0 saturated heterocycles. The minimum Gasteiger partial charge on any atom is -0.347 e. The molecule has 0 spiro atoms. The fourth-order valence-corrected chi connectivity index (χ4v) is 4.92. The molecule has 8 nitrogen and oxygen atoms in total. The maximum Gasteiger partial charge on any atom is 0.271 e. The van der Waals surface area contributed by atoms with Crippen LogP contribution in [0.5, 0.6) is 0 Å². The molecule has 9 heteroatoms. The predicted octanol–water partition coefficient (Wildman–Crippen LogP) is 2.94. The number of hydrogen-bond acceptors (Lipinski definition) is 5. The summed E-state index contributed by atoms with van der Waals surface area (Å²) in [5.41, 5.74) is 2.05. The maximum absolute atomic E-state index is 13.0. The number of nitro benzene ring substituents is 1. The molecule has 1 aliphatic rings. The van der Waals surface area contributed by atoms with Crippen LogP contribution >= 0.6 is 0 Å². The highest BCUT2D eigenvalue weighted by molar-refractivity contribution is 7.92. The third-order valence-electron chi connectivity index (χ3n) is 5.07. The number of nitrogens with one attached hydrogen (secondary N) is 1. The van der Waals surface area contributed by atoms with Crippen molar-refractivity contribution in [1.82, 2.24) is 5.32 Å². The molecule has 1 amide bonds. The average Bonchev–Trinajstić information content (AvgIpc) is 2.67. The summed E-state index contributed by atoms with van der Waals surface area (Å²) in [7, 11) is -3.86.